The first-order chi connectivity index (χ1) is 14.9. The lowest BCUT2D eigenvalue weighted by atomic mass is 9.95. The van der Waals surface area contributed by atoms with Gasteiger partial charge < -0.3 is 24.4 Å². The van der Waals surface area contributed by atoms with Gasteiger partial charge in [-0.25, -0.2) is 0 Å². The summed E-state index contributed by atoms with van der Waals surface area (Å²) < 4.78 is 10.5. The van der Waals surface area contributed by atoms with E-state index < -0.39 is 17.7 Å². The van der Waals surface area contributed by atoms with Crippen molar-refractivity contribution >= 4 is 17.4 Å². The van der Waals surface area contributed by atoms with E-state index in [9.17, 15) is 14.7 Å². The molecule has 3 rings (SSSR count). The molecule has 1 aliphatic heterocycles. The van der Waals surface area contributed by atoms with Crippen LogP contribution in [0.1, 0.15) is 23.6 Å². The highest BCUT2D eigenvalue weighted by atomic mass is 16.5. The minimum absolute atomic E-state index is 0.0771. The third-order valence-corrected chi connectivity index (χ3v) is 5.32. The fourth-order valence-corrected chi connectivity index (χ4v) is 3.73. The molecule has 31 heavy (non-hydrogen) atoms. The first kappa shape index (κ1) is 22.4. The quantitative estimate of drug-likeness (QED) is 0.399. The first-order valence-electron chi connectivity index (χ1n) is 10.1. The molecule has 1 atom stereocenters. The zero-order chi connectivity index (χ0) is 22.5. The SMILES string of the molecule is COc1ccc(/C(O)=C2\C(=O)C(=O)N(CCCN(C)C)[C@@H]2c2cccc(OC)c2)cc1. The Morgan fingerprint density at radius 2 is 1.71 bits per heavy atom. The Kier molecular flexibility index (Phi) is 6.97. The monoisotopic (exact) mass is 424 g/mol. The van der Waals surface area contributed by atoms with Crippen LogP contribution in [-0.4, -0.2) is 68.0 Å². The van der Waals surface area contributed by atoms with Gasteiger partial charge in [-0.2, -0.15) is 0 Å². The van der Waals surface area contributed by atoms with Crippen molar-refractivity contribution in [3.63, 3.8) is 0 Å². The summed E-state index contributed by atoms with van der Waals surface area (Å²) in [4.78, 5) is 29.5. The Hall–Kier alpha value is -3.32. The smallest absolute Gasteiger partial charge is 0.295 e. The van der Waals surface area contributed by atoms with Gasteiger partial charge in [0.2, 0.25) is 0 Å². The number of carbonyl (C=O) groups is 2. The Bertz CT molecular complexity index is 982. The molecule has 1 aliphatic rings. The van der Waals surface area contributed by atoms with Crippen LogP contribution in [0.3, 0.4) is 0 Å². The van der Waals surface area contributed by atoms with Crippen LogP contribution in [0.15, 0.2) is 54.1 Å². The normalized spacial score (nSPS) is 18.0. The van der Waals surface area contributed by atoms with Crippen LogP contribution in [0.2, 0.25) is 0 Å². The summed E-state index contributed by atoms with van der Waals surface area (Å²) in [5.74, 6) is -0.262. The van der Waals surface area contributed by atoms with Crippen molar-refractivity contribution in [1.29, 1.82) is 0 Å². The largest absolute Gasteiger partial charge is 0.507 e. The summed E-state index contributed by atoms with van der Waals surface area (Å²) in [6, 6.07) is 13.3. The molecule has 0 unspecified atom stereocenters. The predicted octanol–water partition coefficient (Wildman–Crippen LogP) is 3.08. The van der Waals surface area contributed by atoms with Gasteiger partial charge in [-0.3, -0.25) is 9.59 Å². The highest BCUT2D eigenvalue weighted by Gasteiger charge is 2.45. The van der Waals surface area contributed by atoms with Crippen LogP contribution in [0.25, 0.3) is 5.76 Å². The number of ether oxygens (including phenoxy) is 2. The Balaban J connectivity index is 2.09. The molecule has 7 heteroatoms. The van der Waals surface area contributed by atoms with Crippen LogP contribution in [-0.2, 0) is 9.59 Å². The van der Waals surface area contributed by atoms with E-state index in [0.29, 0.717) is 35.6 Å². The van der Waals surface area contributed by atoms with Gasteiger partial charge in [-0.1, -0.05) is 12.1 Å². The maximum atomic E-state index is 13.0. The lowest BCUT2D eigenvalue weighted by Crippen LogP contribution is -2.32. The molecule has 0 radical (unpaired) electrons. The van der Waals surface area contributed by atoms with Crippen molar-refractivity contribution in [1.82, 2.24) is 9.80 Å². The highest BCUT2D eigenvalue weighted by Crippen LogP contribution is 2.40. The van der Waals surface area contributed by atoms with E-state index in [0.717, 1.165) is 6.54 Å². The van der Waals surface area contributed by atoms with Crippen molar-refractivity contribution in [3.05, 3.63) is 65.2 Å². The Morgan fingerprint density at radius 1 is 1.03 bits per heavy atom. The second kappa shape index (κ2) is 9.66. The van der Waals surface area contributed by atoms with Crippen LogP contribution in [0.4, 0.5) is 0 Å². The molecule has 1 fully saturated rings. The van der Waals surface area contributed by atoms with Crippen LogP contribution < -0.4 is 9.47 Å². The molecule has 2 aromatic carbocycles. The molecule has 1 heterocycles. The van der Waals surface area contributed by atoms with Crippen molar-refractivity contribution < 1.29 is 24.2 Å². The molecule has 164 valence electrons. The number of Topliss-reactive ketones (excluding diaryl/α,β-unsaturated/α-hetero) is 1. The van der Waals surface area contributed by atoms with Crippen LogP contribution >= 0.6 is 0 Å². The summed E-state index contributed by atoms with van der Waals surface area (Å²) in [5, 5.41) is 11.1. The van der Waals surface area contributed by atoms with E-state index in [-0.39, 0.29) is 11.3 Å². The number of methoxy groups -OCH3 is 2. The molecule has 0 aliphatic carbocycles. The number of rotatable bonds is 8. The summed E-state index contributed by atoms with van der Waals surface area (Å²) in [6.07, 6.45) is 0.697. The van der Waals surface area contributed by atoms with E-state index in [4.69, 9.17) is 9.47 Å². The molecule has 1 N–H and O–H groups in total. The molecule has 2 aromatic rings. The zero-order valence-corrected chi connectivity index (χ0v) is 18.3. The summed E-state index contributed by atoms with van der Waals surface area (Å²) in [6.45, 7) is 1.16. The van der Waals surface area contributed by atoms with Crippen molar-refractivity contribution in [2.75, 3.05) is 41.4 Å². The van der Waals surface area contributed by atoms with Gasteiger partial charge in [0.1, 0.15) is 17.3 Å². The van der Waals surface area contributed by atoms with Crippen molar-refractivity contribution in [3.8, 4) is 11.5 Å². The number of hydrogen-bond acceptors (Lipinski definition) is 6. The number of ketones is 1. The molecule has 1 amide bonds. The number of aliphatic hydroxyl groups is 1. The molecule has 0 saturated carbocycles. The number of aliphatic hydroxyl groups excluding tert-OH is 1. The number of amides is 1. The minimum Gasteiger partial charge on any atom is -0.507 e. The van der Waals surface area contributed by atoms with E-state index in [1.807, 2.05) is 31.1 Å². The van der Waals surface area contributed by atoms with Gasteiger partial charge in [0.15, 0.2) is 0 Å². The van der Waals surface area contributed by atoms with E-state index in [1.165, 1.54) is 4.90 Å². The average molecular weight is 424 g/mol. The lowest BCUT2D eigenvalue weighted by Gasteiger charge is -2.26. The van der Waals surface area contributed by atoms with Gasteiger partial charge >= 0.3 is 0 Å². The third kappa shape index (κ3) is 4.72. The topological polar surface area (TPSA) is 79.3 Å². The van der Waals surface area contributed by atoms with E-state index in [1.54, 1.807) is 50.6 Å². The molecule has 1 saturated heterocycles. The lowest BCUT2D eigenvalue weighted by molar-refractivity contribution is -0.139. The third-order valence-electron chi connectivity index (χ3n) is 5.32. The molecule has 0 spiro atoms. The fourth-order valence-electron chi connectivity index (χ4n) is 3.73. The number of carbonyl (C=O) groups excluding carboxylic acids is 2. The number of nitrogens with zero attached hydrogens (tertiary/aromatic N) is 2. The molecular weight excluding hydrogens is 396 g/mol. The summed E-state index contributed by atoms with van der Waals surface area (Å²) in [7, 11) is 7.02. The summed E-state index contributed by atoms with van der Waals surface area (Å²) >= 11 is 0. The molecule has 7 nitrogen and oxygen atoms in total. The average Bonchev–Trinajstić information content (AvgIpc) is 3.03. The maximum absolute atomic E-state index is 13.0. The highest BCUT2D eigenvalue weighted by molar-refractivity contribution is 6.46. The van der Waals surface area contributed by atoms with Gasteiger partial charge in [-0.05, 0) is 69.0 Å². The number of hydrogen-bond donors (Lipinski definition) is 1. The second-order valence-corrected chi connectivity index (χ2v) is 7.65. The van der Waals surface area contributed by atoms with Crippen LogP contribution in [0, 0.1) is 0 Å². The Morgan fingerprint density at radius 3 is 2.32 bits per heavy atom. The maximum Gasteiger partial charge on any atom is 0.295 e. The summed E-state index contributed by atoms with van der Waals surface area (Å²) in [5.41, 5.74) is 1.23. The van der Waals surface area contributed by atoms with Crippen molar-refractivity contribution in [2.24, 2.45) is 0 Å². The molecular formula is C24H28N2O5. The molecule has 0 bridgehead atoms. The van der Waals surface area contributed by atoms with E-state index in [2.05, 4.69) is 0 Å². The second-order valence-electron chi connectivity index (χ2n) is 7.65. The number of likely N-dealkylation sites (tertiary alicyclic amines) is 1. The standard InChI is InChI=1S/C24H28N2O5/c1-25(2)13-6-14-26-21(17-7-5-8-19(15-17)31-4)20(23(28)24(26)29)22(27)16-9-11-18(30-3)12-10-16/h5,7-12,15,21,27H,6,13-14H2,1-4H3/b22-20+/t21-/m1/s1. The molecule has 0 aromatic heterocycles. The van der Waals surface area contributed by atoms with Crippen molar-refractivity contribution in [2.45, 2.75) is 12.5 Å². The Labute approximate surface area is 182 Å². The van der Waals surface area contributed by atoms with Crippen LogP contribution in [0.5, 0.6) is 11.5 Å². The van der Waals surface area contributed by atoms with Gasteiger partial charge in [0.25, 0.3) is 11.7 Å². The van der Waals surface area contributed by atoms with Gasteiger partial charge in [0, 0.05) is 12.1 Å². The van der Waals surface area contributed by atoms with Gasteiger partial charge in [0.05, 0.1) is 25.8 Å². The zero-order valence-electron chi connectivity index (χ0n) is 18.3. The first-order valence-corrected chi connectivity index (χ1v) is 10.1. The predicted molar refractivity (Wildman–Crippen MR) is 118 cm³/mol. The number of benzene rings is 2. The fraction of sp³-hybridized carbons (Fsp3) is 0.333. The minimum atomic E-state index is -0.695. The van der Waals surface area contributed by atoms with Gasteiger partial charge in [-0.15, -0.1) is 0 Å². The van der Waals surface area contributed by atoms with E-state index >= 15 is 0 Å².